The lowest BCUT2D eigenvalue weighted by atomic mass is 10.1. The van der Waals surface area contributed by atoms with Crippen LogP contribution in [0.4, 0.5) is 22.7 Å². The van der Waals surface area contributed by atoms with Gasteiger partial charge in [-0.05, 0) is 71.8 Å². The molecule has 0 aromatic heterocycles. The predicted octanol–water partition coefficient (Wildman–Crippen LogP) is 7.58. The van der Waals surface area contributed by atoms with Gasteiger partial charge in [-0.25, -0.2) is 9.59 Å². The van der Waals surface area contributed by atoms with Crippen molar-refractivity contribution in [2.45, 2.75) is 0 Å². The Kier molecular flexibility index (Phi) is 6.60. The number of hydrogen-bond donors (Lipinski definition) is 2. The number of nitrogens with zero attached hydrogens (tertiary/aromatic N) is 4. The Hall–Kier alpha value is -4.98. The molecule has 8 nitrogen and oxygen atoms in total. The van der Waals surface area contributed by atoms with Crippen LogP contribution in [-0.4, -0.2) is 22.2 Å². The molecule has 0 aliphatic rings. The maximum atomic E-state index is 11.1. The molecule has 4 rings (SSSR count). The Labute approximate surface area is 194 Å². The van der Waals surface area contributed by atoms with Crippen molar-refractivity contribution in [3.8, 4) is 11.1 Å². The molecular weight excluding hydrogens is 432 g/mol. The first-order valence-corrected chi connectivity index (χ1v) is 10.2. The van der Waals surface area contributed by atoms with E-state index in [0.29, 0.717) is 22.7 Å². The highest BCUT2D eigenvalue weighted by molar-refractivity contribution is 5.89. The molecule has 2 N–H and O–H groups in total. The number of carboxylic acid groups (broad SMARTS) is 2. The van der Waals surface area contributed by atoms with E-state index in [2.05, 4.69) is 20.5 Å². The number of hydrogen-bond acceptors (Lipinski definition) is 6. The van der Waals surface area contributed by atoms with Gasteiger partial charge < -0.3 is 10.2 Å². The van der Waals surface area contributed by atoms with Crippen LogP contribution in [0.25, 0.3) is 11.1 Å². The van der Waals surface area contributed by atoms with E-state index in [4.69, 9.17) is 10.2 Å². The minimum atomic E-state index is -1.01. The standard InChI is InChI=1S/C26H18N4O4/c31-25(32)19-3-1-5-23(15-19)29-27-21-11-7-17(8-12-21)18-9-13-22(14-10-18)28-30-24-6-2-4-20(16-24)26(33)34/h1-16H,(H,31,32)(H,33,34). The Balaban J connectivity index is 1.43. The molecule has 8 heteroatoms. The van der Waals surface area contributed by atoms with Crippen LogP contribution in [0, 0.1) is 0 Å². The normalized spacial score (nSPS) is 11.2. The highest BCUT2D eigenvalue weighted by atomic mass is 16.4. The van der Waals surface area contributed by atoms with Gasteiger partial charge >= 0.3 is 11.9 Å². The Morgan fingerprint density at radius 3 is 1.18 bits per heavy atom. The van der Waals surface area contributed by atoms with Crippen molar-refractivity contribution >= 4 is 34.7 Å². The highest BCUT2D eigenvalue weighted by Gasteiger charge is 2.04. The molecule has 4 aromatic carbocycles. The number of carboxylic acids is 2. The number of benzene rings is 4. The fraction of sp³-hybridized carbons (Fsp3) is 0. The van der Waals surface area contributed by atoms with Crippen LogP contribution in [0.1, 0.15) is 20.7 Å². The second-order valence-corrected chi connectivity index (χ2v) is 7.20. The second-order valence-electron chi connectivity index (χ2n) is 7.20. The average molecular weight is 450 g/mol. The second kappa shape index (κ2) is 10.1. The van der Waals surface area contributed by atoms with Crippen LogP contribution >= 0.6 is 0 Å². The number of carbonyl (C=O) groups is 2. The van der Waals surface area contributed by atoms with Crippen molar-refractivity contribution in [2.24, 2.45) is 20.5 Å². The minimum absolute atomic E-state index is 0.156. The van der Waals surface area contributed by atoms with Gasteiger partial charge in [-0.2, -0.15) is 20.5 Å². The van der Waals surface area contributed by atoms with Gasteiger partial charge in [0, 0.05) is 0 Å². The number of azo groups is 2. The molecule has 0 radical (unpaired) electrons. The fourth-order valence-electron chi connectivity index (χ4n) is 3.07. The molecule has 0 heterocycles. The van der Waals surface area contributed by atoms with Crippen molar-refractivity contribution in [3.05, 3.63) is 108 Å². The molecule has 0 saturated heterocycles. The van der Waals surface area contributed by atoms with Crippen molar-refractivity contribution < 1.29 is 19.8 Å². The van der Waals surface area contributed by atoms with Gasteiger partial charge in [-0.3, -0.25) is 0 Å². The van der Waals surface area contributed by atoms with Gasteiger partial charge in [0.15, 0.2) is 0 Å². The first-order valence-electron chi connectivity index (χ1n) is 10.2. The molecule has 0 saturated carbocycles. The lowest BCUT2D eigenvalue weighted by molar-refractivity contribution is 0.0686. The van der Waals surface area contributed by atoms with Crippen molar-refractivity contribution in [1.29, 1.82) is 0 Å². The lowest BCUT2D eigenvalue weighted by Crippen LogP contribution is -1.94. The quantitative estimate of drug-likeness (QED) is 0.281. The Bertz CT molecular complexity index is 1290. The summed E-state index contributed by atoms with van der Waals surface area (Å²) in [6, 6.07) is 27.5. The lowest BCUT2D eigenvalue weighted by Gasteiger charge is -2.03. The molecule has 0 bridgehead atoms. The van der Waals surface area contributed by atoms with E-state index in [1.165, 1.54) is 24.3 Å². The van der Waals surface area contributed by atoms with Gasteiger partial charge in [-0.1, -0.05) is 36.4 Å². The molecule has 0 unspecified atom stereocenters. The maximum absolute atomic E-state index is 11.1. The van der Waals surface area contributed by atoms with Crippen molar-refractivity contribution in [1.82, 2.24) is 0 Å². The molecule has 0 atom stereocenters. The van der Waals surface area contributed by atoms with Gasteiger partial charge in [-0.15, -0.1) is 0 Å². The number of rotatable bonds is 7. The Morgan fingerprint density at radius 2 is 0.824 bits per heavy atom. The SMILES string of the molecule is O=C(O)c1cccc(N=Nc2ccc(-c3ccc(N=Nc4cccc(C(=O)O)c4)cc3)cc2)c1. The van der Waals surface area contributed by atoms with E-state index in [9.17, 15) is 9.59 Å². The molecule has 4 aromatic rings. The predicted molar refractivity (Wildman–Crippen MR) is 127 cm³/mol. The van der Waals surface area contributed by atoms with Gasteiger partial charge in [0.2, 0.25) is 0 Å². The highest BCUT2D eigenvalue weighted by Crippen LogP contribution is 2.27. The maximum Gasteiger partial charge on any atom is 0.335 e. The summed E-state index contributed by atoms with van der Waals surface area (Å²) in [7, 11) is 0. The summed E-state index contributed by atoms with van der Waals surface area (Å²) in [6.07, 6.45) is 0. The summed E-state index contributed by atoms with van der Waals surface area (Å²) in [4.78, 5) is 22.1. The van der Waals surface area contributed by atoms with Crippen LogP contribution in [0.2, 0.25) is 0 Å². The largest absolute Gasteiger partial charge is 0.478 e. The zero-order valence-corrected chi connectivity index (χ0v) is 17.7. The van der Waals surface area contributed by atoms with Gasteiger partial charge in [0.25, 0.3) is 0 Å². The Morgan fingerprint density at radius 1 is 0.471 bits per heavy atom. The van der Waals surface area contributed by atoms with E-state index >= 15 is 0 Å². The average Bonchev–Trinajstić information content (AvgIpc) is 2.87. The molecule has 0 aliphatic carbocycles. The molecule has 166 valence electrons. The van der Waals surface area contributed by atoms with E-state index in [0.717, 1.165) is 11.1 Å². The van der Waals surface area contributed by atoms with Crippen LogP contribution in [-0.2, 0) is 0 Å². The van der Waals surface area contributed by atoms with E-state index in [1.54, 1.807) is 24.3 Å². The van der Waals surface area contributed by atoms with Crippen molar-refractivity contribution in [2.75, 3.05) is 0 Å². The molecule has 0 spiro atoms. The molecule has 34 heavy (non-hydrogen) atoms. The molecule has 0 amide bonds. The van der Waals surface area contributed by atoms with E-state index in [1.807, 2.05) is 48.5 Å². The van der Waals surface area contributed by atoms with Crippen LogP contribution in [0.15, 0.2) is 118 Å². The first-order chi connectivity index (χ1) is 16.5. The summed E-state index contributed by atoms with van der Waals surface area (Å²) in [5.41, 5.74) is 4.46. The monoisotopic (exact) mass is 450 g/mol. The third-order valence-electron chi connectivity index (χ3n) is 4.82. The smallest absolute Gasteiger partial charge is 0.335 e. The minimum Gasteiger partial charge on any atom is -0.478 e. The van der Waals surface area contributed by atoms with Crippen LogP contribution in [0.5, 0.6) is 0 Å². The fourth-order valence-corrected chi connectivity index (χ4v) is 3.07. The summed E-state index contributed by atoms with van der Waals surface area (Å²) < 4.78 is 0. The summed E-state index contributed by atoms with van der Waals surface area (Å²) in [5.74, 6) is -2.03. The van der Waals surface area contributed by atoms with Crippen LogP contribution < -0.4 is 0 Å². The van der Waals surface area contributed by atoms with Crippen molar-refractivity contribution in [3.63, 3.8) is 0 Å². The van der Waals surface area contributed by atoms with Gasteiger partial charge in [0.05, 0.1) is 33.9 Å². The van der Waals surface area contributed by atoms with Crippen LogP contribution in [0.3, 0.4) is 0 Å². The molecular formula is C26H18N4O4. The summed E-state index contributed by atoms with van der Waals surface area (Å²) in [5, 5.41) is 34.6. The third kappa shape index (κ3) is 5.63. The molecule has 0 aliphatic heterocycles. The first kappa shape index (κ1) is 22.2. The van der Waals surface area contributed by atoms with Gasteiger partial charge in [0.1, 0.15) is 0 Å². The zero-order valence-electron chi connectivity index (χ0n) is 17.7. The zero-order chi connectivity index (χ0) is 23.9. The number of aromatic carboxylic acids is 2. The third-order valence-corrected chi connectivity index (χ3v) is 4.82. The topological polar surface area (TPSA) is 124 Å². The molecule has 0 fully saturated rings. The van der Waals surface area contributed by atoms with E-state index < -0.39 is 11.9 Å². The summed E-state index contributed by atoms with van der Waals surface area (Å²) >= 11 is 0. The van der Waals surface area contributed by atoms with E-state index in [-0.39, 0.29) is 11.1 Å². The summed E-state index contributed by atoms with van der Waals surface area (Å²) in [6.45, 7) is 0.